The average molecular weight is 298 g/mol. The third-order valence-electron chi connectivity index (χ3n) is 3.77. The van der Waals surface area contributed by atoms with Gasteiger partial charge in [0, 0.05) is 0 Å². The summed E-state index contributed by atoms with van der Waals surface area (Å²) in [7, 11) is -4.16. The van der Waals surface area contributed by atoms with E-state index in [0.29, 0.717) is 24.7 Å². The lowest BCUT2D eigenvalue weighted by Crippen LogP contribution is -2.18. The van der Waals surface area contributed by atoms with Crippen LogP contribution in [0.15, 0.2) is 23.1 Å². The van der Waals surface area contributed by atoms with Crippen molar-refractivity contribution in [3.05, 3.63) is 29.3 Å². The quantitative estimate of drug-likeness (QED) is 0.848. The van der Waals surface area contributed by atoms with Crippen molar-refractivity contribution in [1.82, 2.24) is 0 Å². The summed E-state index contributed by atoms with van der Waals surface area (Å²) >= 11 is 0. The Kier molecular flexibility index (Phi) is 5.18. The maximum atomic E-state index is 11.3. The fraction of sp³-hybridized carbons (Fsp3) is 0.600. The fourth-order valence-corrected chi connectivity index (χ4v) is 3.45. The predicted molar refractivity (Wildman–Crippen MR) is 77.5 cm³/mol. The smallest absolute Gasteiger partial charge is 0.294 e. The zero-order valence-electron chi connectivity index (χ0n) is 11.8. The monoisotopic (exact) mass is 298 g/mol. The molecule has 0 amide bonds. The molecule has 112 valence electrons. The molecule has 0 radical (unpaired) electrons. The van der Waals surface area contributed by atoms with E-state index in [1.54, 1.807) is 12.1 Å². The highest BCUT2D eigenvalue weighted by Gasteiger charge is 2.17. The summed E-state index contributed by atoms with van der Waals surface area (Å²) in [6, 6.07) is 4.95. The molecule has 4 nitrogen and oxygen atoms in total. The molecule has 1 fully saturated rings. The molecule has 0 aliphatic heterocycles. The predicted octanol–water partition coefficient (Wildman–Crippen LogP) is 3.13. The molecule has 0 heterocycles. The highest BCUT2D eigenvalue weighted by Crippen LogP contribution is 2.22. The average Bonchev–Trinajstić information content (AvgIpc) is 2.38. The first-order valence-electron chi connectivity index (χ1n) is 7.15. The van der Waals surface area contributed by atoms with Crippen molar-refractivity contribution in [3.63, 3.8) is 0 Å². The van der Waals surface area contributed by atoms with Crippen molar-refractivity contribution < 1.29 is 17.7 Å². The van der Waals surface area contributed by atoms with Crippen LogP contribution in [0.2, 0.25) is 0 Å². The molecule has 1 saturated carbocycles. The Morgan fingerprint density at radius 1 is 1.25 bits per heavy atom. The minimum atomic E-state index is -4.16. The first kappa shape index (κ1) is 15.5. The topological polar surface area (TPSA) is 63.6 Å². The minimum Gasteiger partial charge on any atom is -0.378 e. The van der Waals surface area contributed by atoms with E-state index in [9.17, 15) is 13.0 Å². The van der Waals surface area contributed by atoms with Crippen molar-refractivity contribution >= 4 is 10.1 Å². The summed E-state index contributed by atoms with van der Waals surface area (Å²) in [6.07, 6.45) is 6.72. The molecule has 1 aliphatic rings. The number of benzene rings is 1. The molecule has 0 unspecified atom stereocenters. The third-order valence-corrected chi connectivity index (χ3v) is 4.73. The van der Waals surface area contributed by atoms with Gasteiger partial charge in [0.1, 0.15) is 0 Å². The lowest BCUT2D eigenvalue weighted by Gasteiger charge is -2.22. The third kappa shape index (κ3) is 4.30. The Morgan fingerprint density at radius 2 is 1.95 bits per heavy atom. The molecular weight excluding hydrogens is 276 g/mol. The van der Waals surface area contributed by atoms with Gasteiger partial charge >= 0.3 is 0 Å². The second kappa shape index (κ2) is 6.70. The van der Waals surface area contributed by atoms with Gasteiger partial charge in [0.25, 0.3) is 10.1 Å². The normalized spacial score (nSPS) is 17.3. The lowest BCUT2D eigenvalue weighted by atomic mass is 9.98. The molecular formula is C15H22O4S. The van der Waals surface area contributed by atoms with Crippen LogP contribution in [0.1, 0.15) is 43.2 Å². The Bertz CT molecular complexity index is 545. The molecule has 0 aromatic heterocycles. The fourth-order valence-electron chi connectivity index (χ4n) is 2.72. The van der Waals surface area contributed by atoms with Gasteiger partial charge in [-0.15, -0.1) is 0 Å². The van der Waals surface area contributed by atoms with Gasteiger partial charge in [0.15, 0.2) is 0 Å². The van der Waals surface area contributed by atoms with Crippen LogP contribution in [0.25, 0.3) is 0 Å². The number of hydrogen-bond donors (Lipinski definition) is 1. The summed E-state index contributed by atoms with van der Waals surface area (Å²) in [5.41, 5.74) is 1.60. The van der Waals surface area contributed by atoms with Crippen molar-refractivity contribution in [2.45, 2.75) is 56.4 Å². The Balaban J connectivity index is 1.99. The number of aryl methyl sites for hydroxylation is 1. The number of rotatable bonds is 5. The number of hydrogen-bond acceptors (Lipinski definition) is 3. The van der Waals surface area contributed by atoms with Crippen molar-refractivity contribution in [1.29, 1.82) is 0 Å². The van der Waals surface area contributed by atoms with Gasteiger partial charge in [-0.05, 0) is 37.8 Å². The second-order valence-electron chi connectivity index (χ2n) is 5.47. The van der Waals surface area contributed by atoms with Gasteiger partial charge in [-0.3, -0.25) is 4.55 Å². The van der Waals surface area contributed by atoms with Crippen LogP contribution < -0.4 is 0 Å². The van der Waals surface area contributed by atoms with Crippen LogP contribution in [0, 0.1) is 6.92 Å². The highest BCUT2D eigenvalue weighted by molar-refractivity contribution is 7.85. The molecule has 1 aromatic rings. The summed E-state index contributed by atoms with van der Waals surface area (Å²) in [5.74, 6) is 0. The molecule has 5 heteroatoms. The van der Waals surface area contributed by atoms with E-state index in [2.05, 4.69) is 0 Å². The van der Waals surface area contributed by atoms with Crippen LogP contribution in [-0.4, -0.2) is 25.7 Å². The summed E-state index contributed by atoms with van der Waals surface area (Å²) in [5, 5.41) is 0. The maximum absolute atomic E-state index is 11.3. The van der Waals surface area contributed by atoms with Crippen molar-refractivity contribution in [2.24, 2.45) is 0 Å². The van der Waals surface area contributed by atoms with E-state index < -0.39 is 10.1 Å². The van der Waals surface area contributed by atoms with Crippen molar-refractivity contribution in [3.8, 4) is 0 Å². The Labute approximate surface area is 120 Å². The van der Waals surface area contributed by atoms with Crippen LogP contribution in [-0.2, 0) is 21.3 Å². The summed E-state index contributed by atoms with van der Waals surface area (Å²) in [6.45, 7) is 2.40. The van der Waals surface area contributed by atoms with E-state index in [-0.39, 0.29) is 4.90 Å². The Hall–Kier alpha value is -0.910. The molecule has 0 atom stereocenters. The standard InChI is InChI=1S/C15H22O4S/c1-12-7-8-15(20(16,17)18)13(11-12)9-10-19-14-5-3-2-4-6-14/h7-8,11,14H,2-6,9-10H2,1H3,(H,16,17,18). The van der Waals surface area contributed by atoms with E-state index in [1.807, 2.05) is 6.92 Å². The molecule has 0 saturated heterocycles. The maximum Gasteiger partial charge on any atom is 0.294 e. The van der Waals surface area contributed by atoms with Crippen LogP contribution in [0.4, 0.5) is 0 Å². The SMILES string of the molecule is Cc1ccc(S(=O)(=O)O)c(CCOC2CCCCC2)c1. The zero-order valence-corrected chi connectivity index (χ0v) is 12.7. The molecule has 0 bridgehead atoms. The van der Waals surface area contributed by atoms with E-state index in [0.717, 1.165) is 18.4 Å². The second-order valence-corrected chi connectivity index (χ2v) is 6.86. The largest absolute Gasteiger partial charge is 0.378 e. The molecule has 1 aliphatic carbocycles. The molecule has 20 heavy (non-hydrogen) atoms. The first-order valence-corrected chi connectivity index (χ1v) is 8.59. The molecule has 1 aromatic carbocycles. The Morgan fingerprint density at radius 3 is 2.60 bits per heavy atom. The zero-order chi connectivity index (χ0) is 14.6. The first-order chi connectivity index (χ1) is 9.47. The lowest BCUT2D eigenvalue weighted by molar-refractivity contribution is 0.0301. The molecule has 2 rings (SSSR count). The van der Waals surface area contributed by atoms with Crippen LogP contribution in [0.3, 0.4) is 0 Å². The van der Waals surface area contributed by atoms with Crippen LogP contribution >= 0.6 is 0 Å². The molecule has 1 N–H and O–H groups in total. The summed E-state index contributed by atoms with van der Waals surface area (Å²) in [4.78, 5) is -0.00431. The van der Waals surface area contributed by atoms with E-state index in [4.69, 9.17) is 4.74 Å². The van der Waals surface area contributed by atoms with E-state index >= 15 is 0 Å². The van der Waals surface area contributed by atoms with Gasteiger partial charge < -0.3 is 4.74 Å². The highest BCUT2D eigenvalue weighted by atomic mass is 32.2. The van der Waals surface area contributed by atoms with Crippen molar-refractivity contribution in [2.75, 3.05) is 6.61 Å². The van der Waals surface area contributed by atoms with Gasteiger partial charge in [-0.25, -0.2) is 0 Å². The van der Waals surface area contributed by atoms with E-state index in [1.165, 1.54) is 25.3 Å². The van der Waals surface area contributed by atoms with Gasteiger partial charge in [0.05, 0.1) is 17.6 Å². The van der Waals surface area contributed by atoms with Gasteiger partial charge in [-0.2, -0.15) is 8.42 Å². The van der Waals surface area contributed by atoms with Gasteiger partial charge in [0.2, 0.25) is 0 Å². The van der Waals surface area contributed by atoms with Crippen LogP contribution in [0.5, 0.6) is 0 Å². The summed E-state index contributed by atoms with van der Waals surface area (Å²) < 4.78 is 37.7. The molecule has 0 spiro atoms. The minimum absolute atomic E-state index is 0.00431. The van der Waals surface area contributed by atoms with Gasteiger partial charge in [-0.1, -0.05) is 37.0 Å². The number of ether oxygens (including phenoxy) is 1.